The highest BCUT2D eigenvalue weighted by molar-refractivity contribution is 5.98. The molecule has 27 heavy (non-hydrogen) atoms. The summed E-state index contributed by atoms with van der Waals surface area (Å²) in [5, 5.41) is 5.20. The Bertz CT molecular complexity index is 865. The maximum absolute atomic E-state index is 13.4. The number of rotatable bonds is 7. The van der Waals surface area contributed by atoms with Crippen molar-refractivity contribution < 1.29 is 23.5 Å². The summed E-state index contributed by atoms with van der Waals surface area (Å²) in [6.07, 6.45) is 2.31. The summed E-state index contributed by atoms with van der Waals surface area (Å²) in [4.78, 5) is 35.3. The average Bonchev–Trinajstić information content (AvgIpc) is 2.66. The maximum atomic E-state index is 13.4. The van der Waals surface area contributed by atoms with Crippen LogP contribution in [0.25, 0.3) is 6.08 Å². The molecule has 0 aliphatic heterocycles. The number of anilines is 1. The molecule has 2 aromatic carbocycles. The van der Waals surface area contributed by atoms with Crippen molar-refractivity contribution >= 4 is 29.5 Å². The summed E-state index contributed by atoms with van der Waals surface area (Å²) >= 11 is 0. The number of halogens is 1. The minimum Gasteiger partial charge on any atom is -0.452 e. The largest absolute Gasteiger partial charge is 0.452 e. The SMILES string of the molecule is CCNC(=O)c1cccc(NC(=O)COC(=O)/C=C/c2ccccc2F)c1. The first-order valence-corrected chi connectivity index (χ1v) is 8.27. The predicted octanol–water partition coefficient (Wildman–Crippen LogP) is 2.77. The number of hydrogen-bond donors (Lipinski definition) is 2. The molecule has 7 heteroatoms. The van der Waals surface area contributed by atoms with Crippen LogP contribution in [0.15, 0.2) is 54.6 Å². The van der Waals surface area contributed by atoms with Gasteiger partial charge < -0.3 is 15.4 Å². The van der Waals surface area contributed by atoms with Gasteiger partial charge >= 0.3 is 5.97 Å². The monoisotopic (exact) mass is 370 g/mol. The zero-order valence-electron chi connectivity index (χ0n) is 14.7. The van der Waals surface area contributed by atoms with E-state index in [1.807, 2.05) is 0 Å². The van der Waals surface area contributed by atoms with Crippen LogP contribution in [0.3, 0.4) is 0 Å². The number of ether oxygens (including phenoxy) is 1. The Morgan fingerprint density at radius 2 is 1.89 bits per heavy atom. The molecule has 2 amide bonds. The van der Waals surface area contributed by atoms with Gasteiger partial charge in [0.1, 0.15) is 5.82 Å². The maximum Gasteiger partial charge on any atom is 0.331 e. The highest BCUT2D eigenvalue weighted by Gasteiger charge is 2.09. The Hall–Kier alpha value is -3.48. The smallest absolute Gasteiger partial charge is 0.331 e. The van der Waals surface area contributed by atoms with Crippen LogP contribution in [0.1, 0.15) is 22.8 Å². The third-order valence-electron chi connectivity index (χ3n) is 3.40. The van der Waals surface area contributed by atoms with Crippen molar-refractivity contribution in [2.75, 3.05) is 18.5 Å². The summed E-state index contributed by atoms with van der Waals surface area (Å²) in [5.41, 5.74) is 1.04. The van der Waals surface area contributed by atoms with Crippen molar-refractivity contribution in [1.29, 1.82) is 0 Å². The van der Waals surface area contributed by atoms with E-state index in [-0.39, 0.29) is 11.5 Å². The van der Waals surface area contributed by atoms with Gasteiger partial charge in [-0.1, -0.05) is 24.3 Å². The van der Waals surface area contributed by atoms with Gasteiger partial charge in [-0.15, -0.1) is 0 Å². The van der Waals surface area contributed by atoms with Crippen molar-refractivity contribution in [3.63, 3.8) is 0 Å². The van der Waals surface area contributed by atoms with Gasteiger partial charge in [-0.25, -0.2) is 9.18 Å². The van der Waals surface area contributed by atoms with Crippen LogP contribution in [0.5, 0.6) is 0 Å². The molecule has 0 radical (unpaired) electrons. The molecular weight excluding hydrogens is 351 g/mol. The molecule has 2 aromatic rings. The number of carbonyl (C=O) groups excluding carboxylic acids is 3. The molecule has 6 nitrogen and oxygen atoms in total. The van der Waals surface area contributed by atoms with Crippen LogP contribution in [-0.4, -0.2) is 30.9 Å². The first kappa shape index (κ1) is 19.8. The van der Waals surface area contributed by atoms with Crippen molar-refractivity contribution in [1.82, 2.24) is 5.32 Å². The van der Waals surface area contributed by atoms with Gasteiger partial charge in [0, 0.05) is 29.4 Å². The second-order valence-electron chi connectivity index (χ2n) is 5.45. The topological polar surface area (TPSA) is 84.5 Å². The van der Waals surface area contributed by atoms with Gasteiger partial charge in [-0.3, -0.25) is 9.59 Å². The quantitative estimate of drug-likeness (QED) is 0.580. The summed E-state index contributed by atoms with van der Waals surface area (Å²) in [5.74, 6) is -2.05. The molecule has 0 saturated heterocycles. The van der Waals surface area contributed by atoms with Gasteiger partial charge in [0.05, 0.1) is 0 Å². The molecule has 0 aliphatic carbocycles. The first-order chi connectivity index (χ1) is 13.0. The average molecular weight is 370 g/mol. The van der Waals surface area contributed by atoms with Crippen LogP contribution in [0.4, 0.5) is 10.1 Å². The second kappa shape index (κ2) is 9.86. The lowest BCUT2D eigenvalue weighted by atomic mass is 10.2. The lowest BCUT2D eigenvalue weighted by Crippen LogP contribution is -2.23. The molecule has 0 saturated carbocycles. The van der Waals surface area contributed by atoms with Crippen molar-refractivity contribution in [2.24, 2.45) is 0 Å². The zero-order chi connectivity index (χ0) is 19.6. The Labute approximate surface area is 156 Å². The summed E-state index contributed by atoms with van der Waals surface area (Å²) in [6.45, 7) is 1.79. The highest BCUT2D eigenvalue weighted by atomic mass is 19.1. The predicted molar refractivity (Wildman–Crippen MR) is 99.5 cm³/mol. The number of esters is 1. The van der Waals surface area contributed by atoms with Gasteiger partial charge in [-0.2, -0.15) is 0 Å². The third-order valence-corrected chi connectivity index (χ3v) is 3.40. The van der Waals surface area contributed by atoms with Crippen LogP contribution in [0.2, 0.25) is 0 Å². The first-order valence-electron chi connectivity index (χ1n) is 8.27. The summed E-state index contributed by atoms with van der Waals surface area (Å²) < 4.78 is 18.3. The van der Waals surface area contributed by atoms with E-state index >= 15 is 0 Å². The molecular formula is C20H19FN2O4. The number of benzene rings is 2. The van der Waals surface area contributed by atoms with Crippen molar-refractivity contribution in [3.8, 4) is 0 Å². The lowest BCUT2D eigenvalue weighted by molar-refractivity contribution is -0.142. The Morgan fingerprint density at radius 3 is 2.63 bits per heavy atom. The number of hydrogen-bond acceptors (Lipinski definition) is 4. The van der Waals surface area contributed by atoms with Crippen LogP contribution < -0.4 is 10.6 Å². The van der Waals surface area contributed by atoms with Gasteiger partial charge in [0.25, 0.3) is 11.8 Å². The van der Waals surface area contributed by atoms with E-state index in [0.29, 0.717) is 17.8 Å². The van der Waals surface area contributed by atoms with E-state index < -0.39 is 24.3 Å². The fraction of sp³-hybridized carbons (Fsp3) is 0.150. The molecule has 2 rings (SSSR count). The minimum absolute atomic E-state index is 0.237. The molecule has 0 spiro atoms. The van der Waals surface area contributed by atoms with Crippen LogP contribution >= 0.6 is 0 Å². The van der Waals surface area contributed by atoms with E-state index in [0.717, 1.165) is 6.08 Å². The molecule has 2 N–H and O–H groups in total. The molecule has 0 fully saturated rings. The Kier molecular flexibility index (Phi) is 7.25. The third kappa shape index (κ3) is 6.39. The summed E-state index contributed by atoms with van der Waals surface area (Å²) in [7, 11) is 0. The molecule has 140 valence electrons. The Balaban J connectivity index is 1.85. The van der Waals surface area contributed by atoms with Crippen molar-refractivity contribution in [2.45, 2.75) is 6.92 Å². The van der Waals surface area contributed by atoms with E-state index in [4.69, 9.17) is 4.74 Å². The van der Waals surface area contributed by atoms with Crippen LogP contribution in [0, 0.1) is 5.82 Å². The minimum atomic E-state index is -0.774. The second-order valence-corrected chi connectivity index (χ2v) is 5.45. The van der Waals surface area contributed by atoms with Gasteiger partial charge in [0.2, 0.25) is 0 Å². The number of amides is 2. The number of nitrogens with one attached hydrogen (secondary N) is 2. The standard InChI is InChI=1S/C20H19FN2O4/c1-2-22-20(26)15-7-5-8-16(12-15)23-18(24)13-27-19(25)11-10-14-6-3-4-9-17(14)21/h3-12H,2,13H2,1H3,(H,22,26)(H,23,24)/b11-10+. The van der Waals surface area contributed by atoms with Crippen molar-refractivity contribution in [3.05, 3.63) is 71.6 Å². The normalized spacial score (nSPS) is 10.4. The fourth-order valence-corrected chi connectivity index (χ4v) is 2.15. The van der Waals surface area contributed by atoms with Gasteiger partial charge in [0.15, 0.2) is 6.61 Å². The number of carbonyl (C=O) groups is 3. The molecule has 0 aromatic heterocycles. The van der Waals surface area contributed by atoms with E-state index in [1.165, 1.54) is 30.3 Å². The lowest BCUT2D eigenvalue weighted by Gasteiger charge is -2.07. The molecule has 0 bridgehead atoms. The molecule has 0 unspecified atom stereocenters. The Morgan fingerprint density at radius 1 is 1.11 bits per heavy atom. The fourth-order valence-electron chi connectivity index (χ4n) is 2.15. The van der Waals surface area contributed by atoms with Gasteiger partial charge in [-0.05, 0) is 37.3 Å². The van der Waals surface area contributed by atoms with E-state index in [9.17, 15) is 18.8 Å². The highest BCUT2D eigenvalue weighted by Crippen LogP contribution is 2.11. The molecule has 0 atom stereocenters. The van der Waals surface area contributed by atoms with Crippen LogP contribution in [-0.2, 0) is 14.3 Å². The summed E-state index contributed by atoms with van der Waals surface area (Å²) in [6, 6.07) is 12.3. The molecule has 0 aliphatic rings. The van der Waals surface area contributed by atoms with E-state index in [1.54, 1.807) is 31.2 Å². The van der Waals surface area contributed by atoms with E-state index in [2.05, 4.69) is 10.6 Å². The molecule has 0 heterocycles. The zero-order valence-corrected chi connectivity index (χ0v) is 14.7.